The monoisotopic (exact) mass is 284 g/mol. The maximum absolute atomic E-state index is 12.5. The lowest BCUT2D eigenvalue weighted by molar-refractivity contribution is -0.385. The smallest absolute Gasteiger partial charge is 0.258 e. The van der Waals surface area contributed by atoms with Crippen LogP contribution in [0, 0.1) is 17.0 Å². The topological polar surface area (TPSA) is 80.5 Å². The number of sulfonamides is 1. The van der Waals surface area contributed by atoms with Gasteiger partial charge in [0.05, 0.1) is 9.82 Å². The van der Waals surface area contributed by atoms with E-state index in [2.05, 4.69) is 0 Å². The molecule has 19 heavy (non-hydrogen) atoms. The lowest BCUT2D eigenvalue weighted by Gasteiger charge is -2.26. The van der Waals surface area contributed by atoms with Crippen molar-refractivity contribution in [1.29, 1.82) is 0 Å². The Kier molecular flexibility index (Phi) is 3.86. The first-order valence-corrected chi connectivity index (χ1v) is 7.62. The fourth-order valence-electron chi connectivity index (χ4n) is 2.22. The second-order valence-corrected chi connectivity index (χ2v) is 6.58. The Morgan fingerprint density at radius 1 is 1.21 bits per heavy atom. The highest BCUT2D eigenvalue weighted by atomic mass is 32.2. The van der Waals surface area contributed by atoms with Gasteiger partial charge in [-0.3, -0.25) is 10.1 Å². The molecule has 1 aromatic carbocycles. The predicted molar refractivity (Wildman–Crippen MR) is 70.4 cm³/mol. The molecule has 0 saturated carbocycles. The fourth-order valence-corrected chi connectivity index (χ4v) is 3.99. The van der Waals surface area contributed by atoms with Gasteiger partial charge in [0, 0.05) is 25.2 Å². The minimum absolute atomic E-state index is 0.0450. The summed E-state index contributed by atoms with van der Waals surface area (Å²) in [7, 11) is -3.62. The van der Waals surface area contributed by atoms with E-state index in [0.29, 0.717) is 18.7 Å². The highest BCUT2D eigenvalue weighted by Crippen LogP contribution is 2.26. The number of non-ortho nitro benzene ring substituents is 1. The number of nitro benzene ring substituents is 1. The Labute approximate surface area is 112 Å². The molecule has 0 aromatic heterocycles. The Morgan fingerprint density at radius 2 is 1.84 bits per heavy atom. The SMILES string of the molecule is Cc1ccc([N+](=O)[O-])cc1S(=O)(=O)N1CCCCC1. The number of nitro groups is 1. The van der Waals surface area contributed by atoms with Crippen LogP contribution in [0.3, 0.4) is 0 Å². The van der Waals surface area contributed by atoms with Crippen molar-refractivity contribution in [3.63, 3.8) is 0 Å². The molecule has 0 spiro atoms. The van der Waals surface area contributed by atoms with Gasteiger partial charge in [-0.2, -0.15) is 4.31 Å². The van der Waals surface area contributed by atoms with Gasteiger partial charge < -0.3 is 0 Å². The lowest BCUT2D eigenvalue weighted by Crippen LogP contribution is -2.35. The van der Waals surface area contributed by atoms with Crippen molar-refractivity contribution in [3.8, 4) is 0 Å². The largest absolute Gasteiger partial charge is 0.270 e. The Bertz CT molecular complexity index is 592. The van der Waals surface area contributed by atoms with Gasteiger partial charge in [0.1, 0.15) is 0 Å². The van der Waals surface area contributed by atoms with Gasteiger partial charge in [0.25, 0.3) is 5.69 Å². The van der Waals surface area contributed by atoms with E-state index in [1.807, 2.05) is 0 Å². The molecule has 1 fully saturated rings. The highest BCUT2D eigenvalue weighted by molar-refractivity contribution is 7.89. The van der Waals surface area contributed by atoms with Crippen molar-refractivity contribution in [2.24, 2.45) is 0 Å². The molecule has 1 aromatic rings. The fraction of sp³-hybridized carbons (Fsp3) is 0.500. The summed E-state index contributed by atoms with van der Waals surface area (Å²) in [6, 6.07) is 3.96. The van der Waals surface area contributed by atoms with Crippen molar-refractivity contribution in [2.75, 3.05) is 13.1 Å². The van der Waals surface area contributed by atoms with Gasteiger partial charge in [-0.1, -0.05) is 12.5 Å². The third kappa shape index (κ3) is 2.76. The predicted octanol–water partition coefficient (Wildman–Crippen LogP) is 2.08. The average molecular weight is 284 g/mol. The zero-order chi connectivity index (χ0) is 14.0. The number of hydrogen-bond donors (Lipinski definition) is 0. The van der Waals surface area contributed by atoms with E-state index in [-0.39, 0.29) is 10.6 Å². The van der Waals surface area contributed by atoms with Gasteiger partial charge in [0.2, 0.25) is 10.0 Å². The lowest BCUT2D eigenvalue weighted by atomic mass is 10.2. The number of aryl methyl sites for hydroxylation is 1. The first-order chi connectivity index (χ1) is 8.93. The van der Waals surface area contributed by atoms with E-state index in [4.69, 9.17) is 0 Å². The van der Waals surface area contributed by atoms with Gasteiger partial charge >= 0.3 is 0 Å². The van der Waals surface area contributed by atoms with E-state index in [1.165, 1.54) is 16.4 Å². The van der Waals surface area contributed by atoms with Crippen LogP contribution in [0.4, 0.5) is 5.69 Å². The second kappa shape index (κ2) is 5.26. The molecule has 0 radical (unpaired) electrons. The Hall–Kier alpha value is -1.47. The second-order valence-electron chi connectivity index (χ2n) is 4.67. The van der Waals surface area contributed by atoms with Crippen molar-refractivity contribution in [3.05, 3.63) is 33.9 Å². The zero-order valence-electron chi connectivity index (χ0n) is 10.7. The van der Waals surface area contributed by atoms with E-state index >= 15 is 0 Å². The van der Waals surface area contributed by atoms with Gasteiger partial charge in [0.15, 0.2) is 0 Å². The first-order valence-electron chi connectivity index (χ1n) is 6.18. The molecule has 2 rings (SSSR count). The number of piperidine rings is 1. The number of hydrogen-bond acceptors (Lipinski definition) is 4. The molecule has 0 N–H and O–H groups in total. The van der Waals surface area contributed by atoms with Crippen LogP contribution < -0.4 is 0 Å². The molecule has 0 bridgehead atoms. The van der Waals surface area contributed by atoms with Crippen molar-refractivity contribution < 1.29 is 13.3 Å². The molecule has 0 aliphatic carbocycles. The molecular formula is C12H16N2O4S. The number of nitrogens with zero attached hydrogens (tertiary/aromatic N) is 2. The van der Waals surface area contributed by atoms with Crippen LogP contribution in [0.5, 0.6) is 0 Å². The Balaban J connectivity index is 2.44. The van der Waals surface area contributed by atoms with E-state index < -0.39 is 14.9 Å². The minimum atomic E-state index is -3.62. The summed E-state index contributed by atoms with van der Waals surface area (Å²) in [5, 5.41) is 10.8. The molecule has 6 nitrogen and oxygen atoms in total. The van der Waals surface area contributed by atoms with Crippen molar-refractivity contribution in [2.45, 2.75) is 31.1 Å². The summed E-state index contributed by atoms with van der Waals surface area (Å²) in [5.74, 6) is 0. The van der Waals surface area contributed by atoms with Crippen LogP contribution in [0.1, 0.15) is 24.8 Å². The van der Waals surface area contributed by atoms with Crippen molar-refractivity contribution >= 4 is 15.7 Å². The molecule has 0 unspecified atom stereocenters. The van der Waals surface area contributed by atoms with Crippen LogP contribution in [0.25, 0.3) is 0 Å². The minimum Gasteiger partial charge on any atom is -0.258 e. The van der Waals surface area contributed by atoms with Crippen LogP contribution >= 0.6 is 0 Å². The Morgan fingerprint density at radius 3 is 2.42 bits per heavy atom. The standard InChI is InChI=1S/C12H16N2O4S/c1-10-5-6-11(14(15)16)9-12(10)19(17,18)13-7-3-2-4-8-13/h5-6,9H,2-4,7-8H2,1H3. The average Bonchev–Trinajstić information content (AvgIpc) is 2.39. The van der Waals surface area contributed by atoms with Gasteiger partial charge in [-0.25, -0.2) is 8.42 Å². The quantitative estimate of drug-likeness (QED) is 0.628. The number of benzene rings is 1. The number of rotatable bonds is 3. The van der Waals surface area contributed by atoms with Gasteiger partial charge in [-0.15, -0.1) is 0 Å². The molecule has 1 heterocycles. The normalized spacial score (nSPS) is 17.3. The highest BCUT2D eigenvalue weighted by Gasteiger charge is 2.28. The molecular weight excluding hydrogens is 268 g/mol. The molecule has 1 aliphatic heterocycles. The van der Waals surface area contributed by atoms with Crippen LogP contribution in [-0.2, 0) is 10.0 Å². The summed E-state index contributed by atoms with van der Waals surface area (Å²) in [6.07, 6.45) is 2.71. The van der Waals surface area contributed by atoms with Crippen molar-refractivity contribution in [1.82, 2.24) is 4.31 Å². The zero-order valence-corrected chi connectivity index (χ0v) is 11.5. The summed E-state index contributed by atoms with van der Waals surface area (Å²) < 4.78 is 26.4. The van der Waals surface area contributed by atoms with Crippen LogP contribution in [0.15, 0.2) is 23.1 Å². The van der Waals surface area contributed by atoms with Crippen LogP contribution in [0.2, 0.25) is 0 Å². The van der Waals surface area contributed by atoms with E-state index in [1.54, 1.807) is 6.92 Å². The summed E-state index contributed by atoms with van der Waals surface area (Å²) in [6.45, 7) is 2.63. The molecule has 0 atom stereocenters. The third-order valence-corrected chi connectivity index (χ3v) is 5.36. The maximum Gasteiger partial charge on any atom is 0.270 e. The van der Waals surface area contributed by atoms with E-state index in [0.717, 1.165) is 25.3 Å². The summed E-state index contributed by atoms with van der Waals surface area (Å²) in [4.78, 5) is 10.2. The summed E-state index contributed by atoms with van der Waals surface area (Å²) >= 11 is 0. The maximum atomic E-state index is 12.5. The first kappa shape index (κ1) is 14.0. The molecule has 0 amide bonds. The third-order valence-electron chi connectivity index (χ3n) is 3.32. The molecule has 104 valence electrons. The summed E-state index contributed by atoms with van der Waals surface area (Å²) in [5.41, 5.74) is 0.345. The molecule has 7 heteroatoms. The molecule has 1 saturated heterocycles. The van der Waals surface area contributed by atoms with Gasteiger partial charge in [-0.05, 0) is 25.3 Å². The van der Waals surface area contributed by atoms with E-state index in [9.17, 15) is 18.5 Å². The van der Waals surface area contributed by atoms with Crippen LogP contribution in [-0.4, -0.2) is 30.7 Å². The molecule has 1 aliphatic rings.